The molecule has 8 atom stereocenters. The van der Waals surface area contributed by atoms with E-state index in [1.54, 1.807) is 5.57 Å². The topological polar surface area (TPSA) is 37.3 Å². The number of aliphatic hydroxyl groups excluding tert-OH is 1. The third-order valence-corrected chi connectivity index (χ3v) is 12.1. The quantitative estimate of drug-likeness (QED) is 0.363. The Kier molecular flexibility index (Phi) is 4.80. The van der Waals surface area contributed by atoms with Gasteiger partial charge in [-0.15, -0.1) is 0 Å². The first kappa shape index (κ1) is 22.2. The van der Waals surface area contributed by atoms with Gasteiger partial charge in [0.1, 0.15) is 6.29 Å². The van der Waals surface area contributed by atoms with Crippen molar-refractivity contribution in [2.24, 2.45) is 50.7 Å². The fourth-order valence-electron chi connectivity index (χ4n) is 10.1. The van der Waals surface area contributed by atoms with Gasteiger partial charge >= 0.3 is 0 Å². The van der Waals surface area contributed by atoms with Crippen LogP contribution >= 0.6 is 0 Å². The Morgan fingerprint density at radius 3 is 2.35 bits per heavy atom. The molecule has 2 nitrogen and oxygen atoms in total. The lowest BCUT2D eigenvalue weighted by Crippen LogP contribution is -2.60. The molecule has 0 bridgehead atoms. The van der Waals surface area contributed by atoms with E-state index in [9.17, 15) is 9.90 Å². The summed E-state index contributed by atoms with van der Waals surface area (Å²) >= 11 is 0. The summed E-state index contributed by atoms with van der Waals surface area (Å²) < 4.78 is 0. The third kappa shape index (κ3) is 2.88. The van der Waals surface area contributed by atoms with E-state index in [2.05, 4.69) is 47.6 Å². The molecular weight excluding hydrogens is 380 g/mol. The Labute approximate surface area is 190 Å². The van der Waals surface area contributed by atoms with Crippen molar-refractivity contribution in [3.63, 3.8) is 0 Å². The largest absolute Gasteiger partial charge is 0.393 e. The first-order chi connectivity index (χ1) is 14.4. The Bertz CT molecular complexity index is 793. The Morgan fingerprint density at radius 1 is 0.903 bits per heavy atom. The Morgan fingerprint density at radius 2 is 1.65 bits per heavy atom. The van der Waals surface area contributed by atoms with Crippen molar-refractivity contribution in [1.82, 2.24) is 0 Å². The van der Waals surface area contributed by atoms with Gasteiger partial charge in [-0.05, 0) is 110 Å². The molecule has 0 aromatic heterocycles. The molecule has 0 radical (unpaired) electrons. The summed E-state index contributed by atoms with van der Waals surface area (Å²) in [5.74, 6) is 2.58. The van der Waals surface area contributed by atoms with Crippen molar-refractivity contribution in [1.29, 1.82) is 0 Å². The van der Waals surface area contributed by atoms with Gasteiger partial charge in [0.25, 0.3) is 0 Å². The van der Waals surface area contributed by atoms with E-state index in [4.69, 9.17) is 0 Å². The molecule has 2 heteroatoms. The minimum absolute atomic E-state index is 0.0275. The molecule has 0 spiro atoms. The van der Waals surface area contributed by atoms with Crippen LogP contribution < -0.4 is 0 Å². The second-order valence-corrected chi connectivity index (χ2v) is 14.3. The van der Waals surface area contributed by atoms with E-state index in [0.717, 1.165) is 25.2 Å². The van der Waals surface area contributed by atoms with E-state index in [1.165, 1.54) is 51.2 Å². The maximum Gasteiger partial charge on any atom is 0.126 e. The number of rotatable bonds is 1. The zero-order valence-electron chi connectivity index (χ0n) is 21.0. The maximum absolute atomic E-state index is 12.5. The predicted molar refractivity (Wildman–Crippen MR) is 126 cm³/mol. The fraction of sp³-hybridized carbons (Fsp3) is 0.897. The summed E-state index contributed by atoms with van der Waals surface area (Å²) in [6.45, 7) is 14.6. The molecule has 0 aromatic rings. The van der Waals surface area contributed by atoms with Gasteiger partial charge in [-0.25, -0.2) is 0 Å². The van der Waals surface area contributed by atoms with Crippen LogP contribution in [0.25, 0.3) is 0 Å². The van der Waals surface area contributed by atoms with E-state index < -0.39 is 0 Å². The van der Waals surface area contributed by atoms with Crippen LogP contribution in [0, 0.1) is 50.7 Å². The van der Waals surface area contributed by atoms with E-state index in [0.29, 0.717) is 28.6 Å². The average Bonchev–Trinajstić information content (AvgIpc) is 2.71. The highest BCUT2D eigenvalue weighted by Gasteiger charge is 2.64. The number of allylic oxidation sites excluding steroid dienone is 2. The van der Waals surface area contributed by atoms with Gasteiger partial charge in [0.15, 0.2) is 0 Å². The summed E-state index contributed by atoms with van der Waals surface area (Å²) in [5, 5.41) is 10.8. The van der Waals surface area contributed by atoms with Crippen molar-refractivity contribution in [3.05, 3.63) is 11.6 Å². The molecule has 5 aliphatic carbocycles. The molecule has 31 heavy (non-hydrogen) atoms. The molecule has 4 fully saturated rings. The van der Waals surface area contributed by atoms with Crippen LogP contribution in [0.3, 0.4) is 0 Å². The molecule has 0 heterocycles. The van der Waals surface area contributed by atoms with E-state index in [-0.39, 0.29) is 22.3 Å². The zero-order chi connectivity index (χ0) is 22.4. The summed E-state index contributed by atoms with van der Waals surface area (Å²) in [5.41, 5.74) is 2.56. The minimum atomic E-state index is -0.150. The fourth-order valence-corrected chi connectivity index (χ4v) is 10.1. The number of aliphatic hydroxyl groups is 1. The second-order valence-electron chi connectivity index (χ2n) is 14.3. The number of hydrogen-bond acceptors (Lipinski definition) is 2. The number of carbonyl (C=O) groups excluding carboxylic acids is 1. The minimum Gasteiger partial charge on any atom is -0.393 e. The van der Waals surface area contributed by atoms with Crippen LogP contribution in [-0.2, 0) is 4.79 Å². The molecule has 0 aliphatic heterocycles. The van der Waals surface area contributed by atoms with Gasteiger partial charge in [-0.2, -0.15) is 0 Å². The molecule has 5 aliphatic rings. The van der Waals surface area contributed by atoms with E-state index >= 15 is 0 Å². The number of hydrogen-bond donors (Lipinski definition) is 1. The van der Waals surface area contributed by atoms with Gasteiger partial charge in [-0.3, -0.25) is 0 Å². The molecule has 5 rings (SSSR count). The molecule has 0 aromatic carbocycles. The first-order valence-corrected chi connectivity index (χ1v) is 13.2. The van der Waals surface area contributed by atoms with Crippen molar-refractivity contribution in [2.45, 2.75) is 112 Å². The van der Waals surface area contributed by atoms with Crippen LogP contribution in [0.2, 0.25) is 0 Å². The van der Waals surface area contributed by atoms with Gasteiger partial charge in [0.2, 0.25) is 0 Å². The van der Waals surface area contributed by atoms with Crippen LogP contribution in [0.1, 0.15) is 106 Å². The van der Waals surface area contributed by atoms with Crippen LogP contribution in [0.15, 0.2) is 11.6 Å². The molecule has 0 saturated heterocycles. The SMILES string of the molecule is CC1(C)CC[C@]2(C=O)CC=C3[C@@H]4CC[C@H]5C(C)(C)[C@@H](O)CC[C@]5(C)[C@H]4CC[C@@]3(C)[C@@H]2C1. The van der Waals surface area contributed by atoms with Gasteiger partial charge in [-0.1, -0.05) is 53.2 Å². The van der Waals surface area contributed by atoms with Crippen molar-refractivity contribution < 1.29 is 9.90 Å². The lowest BCUT2D eigenvalue weighted by atomic mass is 9.38. The third-order valence-electron chi connectivity index (χ3n) is 12.1. The lowest BCUT2D eigenvalue weighted by Gasteiger charge is -2.66. The summed E-state index contributed by atoms with van der Waals surface area (Å²) in [6, 6.07) is 0. The molecule has 174 valence electrons. The smallest absolute Gasteiger partial charge is 0.126 e. The zero-order valence-corrected chi connectivity index (χ0v) is 21.0. The average molecular weight is 427 g/mol. The van der Waals surface area contributed by atoms with Crippen molar-refractivity contribution >= 4 is 6.29 Å². The molecule has 1 N–H and O–H groups in total. The van der Waals surface area contributed by atoms with Gasteiger partial charge in [0.05, 0.1) is 6.10 Å². The first-order valence-electron chi connectivity index (χ1n) is 13.2. The molecule has 0 amide bonds. The van der Waals surface area contributed by atoms with Crippen molar-refractivity contribution in [3.8, 4) is 0 Å². The van der Waals surface area contributed by atoms with Gasteiger partial charge < -0.3 is 9.90 Å². The summed E-state index contributed by atoms with van der Waals surface area (Å²) in [4.78, 5) is 12.5. The predicted octanol–water partition coefficient (Wildman–Crippen LogP) is 6.96. The van der Waals surface area contributed by atoms with Gasteiger partial charge in [0, 0.05) is 5.41 Å². The monoisotopic (exact) mass is 426 g/mol. The van der Waals surface area contributed by atoms with Crippen molar-refractivity contribution in [2.75, 3.05) is 0 Å². The molecule has 4 saturated carbocycles. The van der Waals surface area contributed by atoms with Crippen LogP contribution in [0.4, 0.5) is 0 Å². The molecule has 0 unspecified atom stereocenters. The Balaban J connectivity index is 1.52. The number of fused-ring (bicyclic) bond motifs is 7. The Hall–Kier alpha value is -0.630. The summed E-state index contributed by atoms with van der Waals surface area (Å²) in [7, 11) is 0. The van der Waals surface area contributed by atoms with E-state index in [1.807, 2.05) is 0 Å². The number of carbonyl (C=O) groups is 1. The van der Waals surface area contributed by atoms with Crippen LogP contribution in [0.5, 0.6) is 0 Å². The maximum atomic E-state index is 12.5. The molecular formula is C29H46O2. The highest BCUT2D eigenvalue weighted by atomic mass is 16.3. The highest BCUT2D eigenvalue weighted by molar-refractivity contribution is 5.62. The second kappa shape index (κ2) is 6.71. The number of aldehydes is 1. The highest BCUT2D eigenvalue weighted by Crippen LogP contribution is 2.71. The standard InChI is InChI=1S/C29H46O2/c1-25(2)15-16-29(18-30)14-10-21-19-7-8-22-26(3,4)24(31)11-13-27(22,5)20(19)9-12-28(21,6)23(29)17-25/h10,18-20,22-24,31H,7-9,11-17H2,1-6H3/t19-,20+,22+,23+,24+,27-,28-,29+/m1/s1. The summed E-state index contributed by atoms with van der Waals surface area (Å²) in [6.07, 6.45) is 15.5. The lowest BCUT2D eigenvalue weighted by molar-refractivity contribution is -0.164. The van der Waals surface area contributed by atoms with Crippen LogP contribution in [-0.4, -0.2) is 17.5 Å². The normalized spacial score (nSPS) is 52.6.